The Morgan fingerprint density at radius 2 is 2.19 bits per heavy atom. The van der Waals surface area contributed by atoms with Crippen LogP contribution in [0.3, 0.4) is 0 Å². The molecule has 0 spiro atoms. The summed E-state index contributed by atoms with van der Waals surface area (Å²) in [7, 11) is 1.38. The SMILES string of the molecule is COc1ccc2nc(C)cnc2c1[N+](=O)[O-]. The molecule has 16 heavy (non-hydrogen) atoms. The van der Waals surface area contributed by atoms with E-state index in [0.717, 1.165) is 0 Å². The smallest absolute Gasteiger partial charge is 0.338 e. The van der Waals surface area contributed by atoms with Crippen molar-refractivity contribution in [2.24, 2.45) is 0 Å². The number of benzene rings is 1. The fraction of sp³-hybridized carbons (Fsp3) is 0.200. The second-order valence-corrected chi connectivity index (χ2v) is 3.25. The van der Waals surface area contributed by atoms with Crippen molar-refractivity contribution in [3.05, 3.63) is 34.1 Å². The summed E-state index contributed by atoms with van der Waals surface area (Å²) in [5.74, 6) is 0.190. The van der Waals surface area contributed by atoms with Crippen molar-refractivity contribution < 1.29 is 9.66 Å². The van der Waals surface area contributed by atoms with Crippen LogP contribution in [0.4, 0.5) is 5.69 Å². The fourth-order valence-corrected chi connectivity index (χ4v) is 1.49. The van der Waals surface area contributed by atoms with Crippen molar-refractivity contribution in [1.29, 1.82) is 0 Å². The Morgan fingerprint density at radius 1 is 1.44 bits per heavy atom. The number of aryl methyl sites for hydroxylation is 1. The highest BCUT2D eigenvalue weighted by molar-refractivity contribution is 5.87. The molecule has 1 heterocycles. The third kappa shape index (κ3) is 1.54. The third-order valence-electron chi connectivity index (χ3n) is 2.17. The van der Waals surface area contributed by atoms with Crippen LogP contribution < -0.4 is 4.74 Å². The first-order valence-corrected chi connectivity index (χ1v) is 4.58. The predicted molar refractivity (Wildman–Crippen MR) is 57.5 cm³/mol. The van der Waals surface area contributed by atoms with E-state index in [9.17, 15) is 10.1 Å². The number of methoxy groups -OCH3 is 1. The van der Waals surface area contributed by atoms with Gasteiger partial charge in [0.25, 0.3) is 0 Å². The van der Waals surface area contributed by atoms with Crippen LogP contribution in [-0.2, 0) is 0 Å². The molecule has 82 valence electrons. The number of nitro groups is 1. The van der Waals surface area contributed by atoms with Crippen LogP contribution >= 0.6 is 0 Å². The Hall–Kier alpha value is -2.24. The molecule has 0 saturated heterocycles. The van der Waals surface area contributed by atoms with Gasteiger partial charge in [0.1, 0.15) is 0 Å². The molecule has 0 saturated carbocycles. The lowest BCUT2D eigenvalue weighted by Gasteiger charge is -2.04. The quantitative estimate of drug-likeness (QED) is 0.569. The molecule has 0 amide bonds. The molecule has 1 aromatic heterocycles. The summed E-state index contributed by atoms with van der Waals surface area (Å²) in [6, 6.07) is 3.18. The van der Waals surface area contributed by atoms with E-state index in [-0.39, 0.29) is 17.0 Å². The summed E-state index contributed by atoms with van der Waals surface area (Å²) in [6.45, 7) is 1.78. The predicted octanol–water partition coefficient (Wildman–Crippen LogP) is 1.86. The standard InChI is InChI=1S/C10H9N3O3/c1-6-5-11-9-7(12-6)3-4-8(16-2)10(9)13(14)15/h3-5H,1-2H3. The van der Waals surface area contributed by atoms with E-state index in [1.165, 1.54) is 19.4 Å². The molecular formula is C10H9N3O3. The molecule has 0 fully saturated rings. The van der Waals surface area contributed by atoms with Gasteiger partial charge in [0.15, 0.2) is 11.3 Å². The van der Waals surface area contributed by atoms with Gasteiger partial charge in [-0.15, -0.1) is 0 Å². The van der Waals surface area contributed by atoms with Crippen LogP contribution in [0.1, 0.15) is 5.69 Å². The molecule has 6 nitrogen and oxygen atoms in total. The second kappa shape index (κ2) is 3.73. The van der Waals surface area contributed by atoms with Gasteiger partial charge in [-0.05, 0) is 19.1 Å². The number of nitro benzene ring substituents is 1. The molecule has 0 aliphatic carbocycles. The average Bonchev–Trinajstić information content (AvgIpc) is 2.26. The maximum Gasteiger partial charge on any atom is 0.338 e. The van der Waals surface area contributed by atoms with Crippen LogP contribution in [0.2, 0.25) is 0 Å². The van der Waals surface area contributed by atoms with Crippen molar-refractivity contribution in [2.45, 2.75) is 6.92 Å². The summed E-state index contributed by atoms with van der Waals surface area (Å²) >= 11 is 0. The summed E-state index contributed by atoms with van der Waals surface area (Å²) < 4.78 is 4.94. The van der Waals surface area contributed by atoms with Gasteiger partial charge in [0.2, 0.25) is 0 Å². The molecule has 2 aromatic rings. The number of aromatic nitrogens is 2. The van der Waals surface area contributed by atoms with E-state index >= 15 is 0 Å². The number of hydrogen-bond acceptors (Lipinski definition) is 5. The van der Waals surface area contributed by atoms with Gasteiger partial charge in [-0.2, -0.15) is 0 Å². The van der Waals surface area contributed by atoms with E-state index in [4.69, 9.17) is 4.74 Å². The molecule has 0 radical (unpaired) electrons. The molecule has 0 aliphatic heterocycles. The van der Waals surface area contributed by atoms with Crippen molar-refractivity contribution in [3.8, 4) is 5.75 Å². The van der Waals surface area contributed by atoms with E-state index < -0.39 is 4.92 Å². The molecule has 0 unspecified atom stereocenters. The minimum absolute atomic E-state index is 0.146. The van der Waals surface area contributed by atoms with Crippen LogP contribution in [-0.4, -0.2) is 22.0 Å². The maximum atomic E-state index is 10.9. The number of ether oxygens (including phenoxy) is 1. The van der Waals surface area contributed by atoms with Gasteiger partial charge in [-0.25, -0.2) is 9.97 Å². The zero-order valence-electron chi connectivity index (χ0n) is 8.80. The monoisotopic (exact) mass is 219 g/mol. The topological polar surface area (TPSA) is 78.2 Å². The van der Waals surface area contributed by atoms with Gasteiger partial charge < -0.3 is 4.74 Å². The fourth-order valence-electron chi connectivity index (χ4n) is 1.49. The Morgan fingerprint density at radius 3 is 2.81 bits per heavy atom. The highest BCUT2D eigenvalue weighted by Gasteiger charge is 2.20. The van der Waals surface area contributed by atoms with E-state index in [1.54, 1.807) is 13.0 Å². The minimum Gasteiger partial charge on any atom is -0.490 e. The van der Waals surface area contributed by atoms with Crippen molar-refractivity contribution in [2.75, 3.05) is 7.11 Å². The first kappa shape index (κ1) is 10.3. The molecule has 2 rings (SSSR count). The van der Waals surface area contributed by atoms with E-state index in [2.05, 4.69) is 9.97 Å². The highest BCUT2D eigenvalue weighted by atomic mass is 16.6. The largest absolute Gasteiger partial charge is 0.490 e. The summed E-state index contributed by atoms with van der Waals surface area (Å²) in [5, 5.41) is 10.9. The van der Waals surface area contributed by atoms with Crippen molar-refractivity contribution in [1.82, 2.24) is 9.97 Å². The third-order valence-corrected chi connectivity index (χ3v) is 2.17. The number of nitrogens with zero attached hydrogens (tertiary/aromatic N) is 3. The zero-order chi connectivity index (χ0) is 11.7. The summed E-state index contributed by atoms with van der Waals surface area (Å²) in [6.07, 6.45) is 1.49. The number of rotatable bonds is 2. The lowest BCUT2D eigenvalue weighted by Crippen LogP contribution is -1.97. The second-order valence-electron chi connectivity index (χ2n) is 3.25. The average molecular weight is 219 g/mol. The van der Waals surface area contributed by atoms with Gasteiger partial charge in [0.05, 0.1) is 23.2 Å². The van der Waals surface area contributed by atoms with Crippen LogP contribution in [0, 0.1) is 17.0 Å². The Balaban J connectivity index is 2.84. The minimum atomic E-state index is -0.509. The molecule has 0 bridgehead atoms. The summed E-state index contributed by atoms with van der Waals surface area (Å²) in [5.41, 5.74) is 1.31. The Bertz CT molecular complexity index is 568. The number of hydrogen-bond donors (Lipinski definition) is 0. The normalized spacial score (nSPS) is 10.4. The first-order chi connectivity index (χ1) is 7.63. The van der Waals surface area contributed by atoms with Crippen LogP contribution in [0.15, 0.2) is 18.3 Å². The molecule has 0 atom stereocenters. The molecule has 0 aliphatic rings. The van der Waals surface area contributed by atoms with Gasteiger partial charge in [-0.1, -0.05) is 0 Å². The lowest BCUT2D eigenvalue weighted by molar-refractivity contribution is -0.384. The van der Waals surface area contributed by atoms with Gasteiger partial charge >= 0.3 is 5.69 Å². The van der Waals surface area contributed by atoms with Gasteiger partial charge in [-0.3, -0.25) is 10.1 Å². The first-order valence-electron chi connectivity index (χ1n) is 4.58. The maximum absolute atomic E-state index is 10.9. The van der Waals surface area contributed by atoms with E-state index in [0.29, 0.717) is 11.2 Å². The van der Waals surface area contributed by atoms with Crippen molar-refractivity contribution in [3.63, 3.8) is 0 Å². The van der Waals surface area contributed by atoms with Crippen LogP contribution in [0.25, 0.3) is 11.0 Å². The molecular weight excluding hydrogens is 210 g/mol. The molecule has 1 aromatic carbocycles. The lowest BCUT2D eigenvalue weighted by atomic mass is 10.2. The van der Waals surface area contributed by atoms with Crippen LogP contribution in [0.5, 0.6) is 5.75 Å². The van der Waals surface area contributed by atoms with Gasteiger partial charge in [0, 0.05) is 6.20 Å². The van der Waals surface area contributed by atoms with Crippen molar-refractivity contribution >= 4 is 16.7 Å². The Labute approximate surface area is 91.0 Å². The zero-order valence-corrected chi connectivity index (χ0v) is 8.80. The van der Waals surface area contributed by atoms with E-state index in [1.807, 2.05) is 0 Å². The highest BCUT2D eigenvalue weighted by Crippen LogP contribution is 2.32. The molecule has 6 heteroatoms. The summed E-state index contributed by atoms with van der Waals surface area (Å²) in [4.78, 5) is 18.6. The Kier molecular flexibility index (Phi) is 2.40. The number of fused-ring (bicyclic) bond motifs is 1. The molecule has 0 N–H and O–H groups in total.